The molecule has 2 aliphatic carbocycles. The van der Waals surface area contributed by atoms with Gasteiger partial charge in [-0.25, -0.2) is 4.39 Å². The van der Waals surface area contributed by atoms with Crippen LogP contribution in [-0.2, 0) is 10.2 Å². The van der Waals surface area contributed by atoms with Crippen molar-refractivity contribution >= 4 is 38.0 Å². The van der Waals surface area contributed by atoms with Gasteiger partial charge in [-0.05, 0) is 48.6 Å². The number of fused-ring (bicyclic) bond motifs is 1. The number of halogens is 1. The maximum absolute atomic E-state index is 15.1. The van der Waals surface area contributed by atoms with Gasteiger partial charge in [0.1, 0.15) is 6.26 Å². The molecule has 188 valence electrons. The Morgan fingerprint density at radius 1 is 1.34 bits per heavy atom. The van der Waals surface area contributed by atoms with Crippen molar-refractivity contribution in [1.29, 1.82) is 0 Å². The summed E-state index contributed by atoms with van der Waals surface area (Å²) >= 11 is 1.45. The molecule has 0 saturated heterocycles. The van der Waals surface area contributed by atoms with Gasteiger partial charge >= 0.3 is 0 Å². The Bertz CT molecular complexity index is 1070. The lowest BCUT2D eigenvalue weighted by Crippen LogP contribution is -2.36. The Hall–Kier alpha value is -2.18. The van der Waals surface area contributed by atoms with E-state index in [0.717, 1.165) is 30.6 Å². The number of amides is 2. The van der Waals surface area contributed by atoms with Gasteiger partial charge in [-0.2, -0.15) is 0 Å². The molecule has 1 saturated carbocycles. The fourth-order valence-electron chi connectivity index (χ4n) is 4.48. The van der Waals surface area contributed by atoms with Crippen molar-refractivity contribution in [2.24, 2.45) is 10.9 Å². The molecule has 6 nitrogen and oxygen atoms in total. The summed E-state index contributed by atoms with van der Waals surface area (Å²) in [4.78, 5) is 32.3. The highest BCUT2D eigenvalue weighted by Crippen LogP contribution is 2.51. The zero-order valence-electron chi connectivity index (χ0n) is 20.2. The first-order chi connectivity index (χ1) is 16.8. The lowest BCUT2D eigenvalue weighted by atomic mass is 10.0. The van der Waals surface area contributed by atoms with Crippen molar-refractivity contribution in [3.63, 3.8) is 0 Å². The Kier molecular flexibility index (Phi) is 8.33. The number of alkyl halides is 1. The quantitative estimate of drug-likeness (QED) is 0.264. The van der Waals surface area contributed by atoms with Gasteiger partial charge in [0.15, 0.2) is 10.6 Å². The van der Waals surface area contributed by atoms with Gasteiger partial charge < -0.3 is 14.6 Å². The molecular weight excluding hydrogens is 484 g/mol. The number of carbonyl (C=O) groups is 2. The summed E-state index contributed by atoms with van der Waals surface area (Å²) in [5.74, 6) is 0.394. The molecule has 4 rings (SSSR count). The molecule has 0 aliphatic heterocycles. The molecule has 2 aliphatic rings. The normalized spacial score (nSPS) is 22.5. The number of hydrogen-bond acceptors (Lipinski definition) is 5. The first kappa shape index (κ1) is 25.9. The van der Waals surface area contributed by atoms with Crippen LogP contribution in [-0.4, -0.2) is 40.2 Å². The third-order valence-electron chi connectivity index (χ3n) is 6.54. The van der Waals surface area contributed by atoms with Gasteiger partial charge in [0.25, 0.3) is 5.91 Å². The van der Waals surface area contributed by atoms with E-state index >= 15 is 4.39 Å². The van der Waals surface area contributed by atoms with Crippen molar-refractivity contribution in [2.45, 2.75) is 63.4 Å². The number of thioether (sulfide) groups is 1. The molecule has 1 aromatic heterocycles. The Morgan fingerprint density at radius 3 is 2.80 bits per heavy atom. The van der Waals surface area contributed by atoms with Crippen LogP contribution in [0.2, 0.25) is 0 Å². The maximum Gasteiger partial charge on any atom is 0.257 e. The second kappa shape index (κ2) is 11.3. The number of amidine groups is 1. The highest BCUT2D eigenvalue weighted by molar-refractivity contribution is 8.13. The van der Waals surface area contributed by atoms with Crippen LogP contribution in [0, 0.1) is 5.92 Å². The van der Waals surface area contributed by atoms with E-state index in [-0.39, 0.29) is 36.2 Å². The standard InChI is InChI=1S/C26H33FN3O3PS/c1-3-35-25(28-22-15-26(27,34)21-9-5-4-8-20(21)22)29-23(31)17(2)7-6-13-30(19-10-11-19)24(32)18-12-14-33-16-18/h4-5,8-9,12,14,16-17,19,22H,3,6-7,10-11,13,15,34H2,1-2H3,(H,28,29,31)/t17?,22-,26?/m0/s1. The van der Waals surface area contributed by atoms with Crippen LogP contribution in [0.15, 0.2) is 52.3 Å². The smallest absolute Gasteiger partial charge is 0.257 e. The fourth-order valence-corrected chi connectivity index (χ4v) is 5.62. The van der Waals surface area contributed by atoms with Gasteiger partial charge in [0.05, 0.1) is 17.9 Å². The number of hydrogen-bond donors (Lipinski definition) is 1. The van der Waals surface area contributed by atoms with Gasteiger partial charge in [-0.1, -0.05) is 59.1 Å². The second-order valence-electron chi connectivity index (χ2n) is 9.31. The Labute approximate surface area is 212 Å². The Balaban J connectivity index is 1.34. The number of nitrogens with one attached hydrogen (secondary N) is 1. The van der Waals surface area contributed by atoms with Crippen molar-refractivity contribution < 1.29 is 18.4 Å². The molecule has 1 fully saturated rings. The van der Waals surface area contributed by atoms with Crippen LogP contribution >= 0.6 is 21.0 Å². The van der Waals surface area contributed by atoms with Gasteiger partial charge in [0, 0.05) is 24.9 Å². The summed E-state index contributed by atoms with van der Waals surface area (Å²) in [5, 5.41) is 1.99. The van der Waals surface area contributed by atoms with E-state index in [4.69, 9.17) is 9.41 Å². The maximum atomic E-state index is 15.1. The third kappa shape index (κ3) is 6.34. The van der Waals surface area contributed by atoms with E-state index in [1.165, 1.54) is 24.3 Å². The average molecular weight is 518 g/mol. The minimum Gasteiger partial charge on any atom is -0.472 e. The summed E-state index contributed by atoms with van der Waals surface area (Å²) < 4.78 is 20.1. The van der Waals surface area contributed by atoms with Crippen molar-refractivity contribution in [1.82, 2.24) is 10.2 Å². The number of nitrogens with zero attached hydrogens (tertiary/aromatic N) is 2. The zero-order chi connectivity index (χ0) is 25.0. The second-order valence-corrected chi connectivity index (χ2v) is 11.5. The molecule has 4 atom stereocenters. The van der Waals surface area contributed by atoms with Crippen LogP contribution in [0.5, 0.6) is 0 Å². The zero-order valence-corrected chi connectivity index (χ0v) is 22.2. The summed E-state index contributed by atoms with van der Waals surface area (Å²) in [6, 6.07) is 9.07. The third-order valence-corrected chi connectivity index (χ3v) is 7.86. The molecule has 0 bridgehead atoms. The van der Waals surface area contributed by atoms with Crippen molar-refractivity contribution in [2.75, 3.05) is 12.3 Å². The number of carbonyl (C=O) groups excluding carboxylic acids is 2. The predicted octanol–water partition coefficient (Wildman–Crippen LogP) is 5.67. The molecule has 3 unspecified atom stereocenters. The molecular formula is C26H33FN3O3PS. The van der Waals surface area contributed by atoms with E-state index in [9.17, 15) is 9.59 Å². The minimum absolute atomic E-state index is 0.0120. The van der Waals surface area contributed by atoms with Gasteiger partial charge in [0.2, 0.25) is 5.91 Å². The van der Waals surface area contributed by atoms with Crippen LogP contribution in [0.25, 0.3) is 0 Å². The molecule has 0 radical (unpaired) electrons. The molecule has 9 heteroatoms. The van der Waals surface area contributed by atoms with E-state index in [1.54, 1.807) is 12.1 Å². The van der Waals surface area contributed by atoms with Crippen LogP contribution in [0.1, 0.15) is 73.5 Å². The minimum atomic E-state index is -1.51. The van der Waals surface area contributed by atoms with Gasteiger partial charge in [-0.3, -0.25) is 14.6 Å². The number of rotatable bonds is 9. The first-order valence-corrected chi connectivity index (χ1v) is 13.8. The average Bonchev–Trinajstić information content (AvgIpc) is 3.44. The van der Waals surface area contributed by atoms with Crippen LogP contribution < -0.4 is 5.32 Å². The van der Waals surface area contributed by atoms with Crippen LogP contribution in [0.3, 0.4) is 0 Å². The fraction of sp³-hybridized carbons (Fsp3) is 0.500. The first-order valence-electron chi connectivity index (χ1n) is 12.2. The van der Waals surface area contributed by atoms with E-state index in [1.807, 2.05) is 36.9 Å². The number of benzene rings is 1. The molecule has 2 aromatic rings. The summed E-state index contributed by atoms with van der Waals surface area (Å²) in [6.45, 7) is 4.50. The molecule has 1 N–H and O–H groups in total. The number of furan rings is 1. The highest BCUT2D eigenvalue weighted by atomic mass is 32.2. The molecule has 1 aromatic carbocycles. The monoisotopic (exact) mass is 517 g/mol. The lowest BCUT2D eigenvalue weighted by Gasteiger charge is -2.22. The van der Waals surface area contributed by atoms with E-state index in [0.29, 0.717) is 29.3 Å². The summed E-state index contributed by atoms with van der Waals surface area (Å²) in [5.41, 5.74) is 2.07. The predicted molar refractivity (Wildman–Crippen MR) is 141 cm³/mol. The lowest BCUT2D eigenvalue weighted by molar-refractivity contribution is -0.123. The largest absolute Gasteiger partial charge is 0.472 e. The topological polar surface area (TPSA) is 74.9 Å². The van der Waals surface area contributed by atoms with Crippen molar-refractivity contribution in [3.8, 4) is 0 Å². The number of aliphatic imine (C=N–C) groups is 1. The molecule has 1 heterocycles. The van der Waals surface area contributed by atoms with E-state index in [2.05, 4.69) is 14.6 Å². The van der Waals surface area contributed by atoms with Crippen LogP contribution in [0.4, 0.5) is 4.39 Å². The Morgan fingerprint density at radius 2 is 2.11 bits per heavy atom. The molecule has 35 heavy (non-hydrogen) atoms. The van der Waals surface area contributed by atoms with Gasteiger partial charge in [-0.15, -0.1) is 0 Å². The summed E-state index contributed by atoms with van der Waals surface area (Å²) in [6.07, 6.45) is 6.65. The molecule has 0 spiro atoms. The SMILES string of the molecule is CCSC(=N[C@H]1CC(F)(P)c2ccccc21)NC(=O)C(C)CCCN(C(=O)c1ccoc1)C1CC1. The van der Waals surface area contributed by atoms with E-state index < -0.39 is 5.41 Å². The highest BCUT2D eigenvalue weighted by Gasteiger charge is 2.41. The molecule has 2 amide bonds. The van der Waals surface area contributed by atoms with Crippen molar-refractivity contribution in [3.05, 3.63) is 59.5 Å². The summed E-state index contributed by atoms with van der Waals surface area (Å²) in [7, 11) is 2.31.